The number of fused-ring (bicyclic) bond motifs is 3. The summed E-state index contributed by atoms with van der Waals surface area (Å²) in [7, 11) is 0. The molecule has 4 aliphatic rings. The number of aromatic amines is 1. The van der Waals surface area contributed by atoms with Crippen LogP contribution in [0.15, 0.2) is 90.9 Å². The molecule has 17 heteroatoms. The number of nitrogens with two attached hydrogens (primary N) is 1. The number of phenols is 2. The van der Waals surface area contributed by atoms with Crippen LogP contribution in [0.5, 0.6) is 17.2 Å². The van der Waals surface area contributed by atoms with Crippen molar-refractivity contribution in [3.8, 4) is 17.2 Å². The van der Waals surface area contributed by atoms with Crippen LogP contribution < -0.4 is 15.4 Å². The summed E-state index contributed by atoms with van der Waals surface area (Å²) < 4.78 is 11.0. The number of carboxylic acid groups (broad SMARTS) is 1. The molecule has 1 amide bonds. The Labute approximate surface area is 355 Å². The van der Waals surface area contributed by atoms with Crippen molar-refractivity contribution in [2.45, 2.75) is 91.8 Å². The van der Waals surface area contributed by atoms with Gasteiger partial charge in [0.15, 0.2) is 23.1 Å². The van der Waals surface area contributed by atoms with Gasteiger partial charge in [-0.05, 0) is 72.7 Å². The molecule has 2 aliphatic heterocycles. The smallest absolute Gasteiger partial charge is 0.355 e. The van der Waals surface area contributed by atoms with Crippen molar-refractivity contribution in [1.82, 2.24) is 9.97 Å². The second-order valence-electron chi connectivity index (χ2n) is 16.6. The highest BCUT2D eigenvalue weighted by molar-refractivity contribution is 6.13. The monoisotopic (exact) mass is 854 g/mol. The van der Waals surface area contributed by atoms with Crippen molar-refractivity contribution in [3.63, 3.8) is 0 Å². The van der Waals surface area contributed by atoms with Crippen LogP contribution in [0.3, 0.4) is 0 Å². The molecule has 3 aromatic carbocycles. The molecule has 328 valence electrons. The number of aliphatic carboxylic acids is 1. The predicted octanol–water partition coefficient (Wildman–Crippen LogP) is 1.66. The van der Waals surface area contributed by atoms with Crippen LogP contribution >= 0.6 is 0 Å². The van der Waals surface area contributed by atoms with Gasteiger partial charge in [-0.25, -0.2) is 9.78 Å². The summed E-state index contributed by atoms with van der Waals surface area (Å²) in [5.74, 6) is -8.42. The van der Waals surface area contributed by atoms with E-state index in [9.17, 15) is 55.5 Å². The summed E-state index contributed by atoms with van der Waals surface area (Å²) in [6, 6.07) is 16.1. The van der Waals surface area contributed by atoms with Crippen LogP contribution in [0.1, 0.15) is 66.0 Å². The number of nitrogens with one attached hydrogen (secondary N) is 1. The number of carboxylic acids is 1. The van der Waals surface area contributed by atoms with Gasteiger partial charge in [-0.15, -0.1) is 0 Å². The molecule has 62 heavy (non-hydrogen) atoms. The standard InChI is InChI=1S/C45H50N4O13/c46-35-9-4-14-43(35,27-7-2-1-3-8-27)37-25(6-5-15-50)20-44(42(58)59)38(37)29-18-32(53)33(61-45(60)41(57)40(56)39(55)34(22-51)62-45)19-30(29)49(44)36(54)13-11-24-10-12-31(52)26(16-24)17-28-21-47-23-48-28/h1-3,7-8,10-13,16,18-21,23,34-35,37-41,50-53,55-57,60H,4-6,9,14-15,17,22,46H2,(H,47,48)(H,58,59)/b13-11+/t34-,35-,37-,38+,39-,40+,41-,43-,44-,45+/m1/s1. The number of H-pyrrole nitrogens is 1. The SMILES string of the molecule is N[C@@H]1CCC[C@]1(c1ccccc1)[C@@H]1C(CCCO)=C[C@]2(C(=O)O)[C@H]1c1cc(O)c(O[C@]3(O)O[C@H](CO)[C@@H](O)[C@H](O)[C@H]3O)cc1N2C(=O)/C=C/c1ccc(O)c(Cc2cnc[nH]2)c1. The van der Waals surface area contributed by atoms with Gasteiger partial charge in [-0.3, -0.25) is 9.69 Å². The third kappa shape index (κ3) is 6.94. The van der Waals surface area contributed by atoms with E-state index in [0.29, 0.717) is 42.4 Å². The highest BCUT2D eigenvalue weighted by Crippen LogP contribution is 2.66. The number of imidazole rings is 1. The molecule has 3 heterocycles. The zero-order chi connectivity index (χ0) is 44.1. The van der Waals surface area contributed by atoms with E-state index in [-0.39, 0.29) is 36.4 Å². The van der Waals surface area contributed by atoms with E-state index >= 15 is 0 Å². The number of aliphatic hydroxyl groups is 6. The van der Waals surface area contributed by atoms with Crippen LogP contribution in [-0.4, -0.2) is 123 Å². The molecule has 0 bridgehead atoms. The first-order valence-electron chi connectivity index (χ1n) is 20.5. The minimum Gasteiger partial charge on any atom is -0.508 e. The van der Waals surface area contributed by atoms with Gasteiger partial charge in [0, 0.05) is 65.9 Å². The Morgan fingerprint density at radius 3 is 2.45 bits per heavy atom. The zero-order valence-electron chi connectivity index (χ0n) is 33.5. The molecule has 4 aromatic rings. The van der Waals surface area contributed by atoms with Gasteiger partial charge < -0.3 is 66.2 Å². The molecular formula is C45H50N4O13. The van der Waals surface area contributed by atoms with Crippen molar-refractivity contribution in [3.05, 3.63) is 119 Å². The van der Waals surface area contributed by atoms with Gasteiger partial charge in [-0.1, -0.05) is 48.4 Å². The van der Waals surface area contributed by atoms with Gasteiger partial charge in [0.1, 0.15) is 24.1 Å². The van der Waals surface area contributed by atoms with Crippen LogP contribution in [0.25, 0.3) is 6.08 Å². The van der Waals surface area contributed by atoms with E-state index in [1.54, 1.807) is 24.4 Å². The lowest BCUT2D eigenvalue weighted by molar-refractivity contribution is -0.422. The van der Waals surface area contributed by atoms with Gasteiger partial charge in [0.05, 0.1) is 18.6 Å². The van der Waals surface area contributed by atoms with Gasteiger partial charge in [0.2, 0.25) is 0 Å². The zero-order valence-corrected chi connectivity index (χ0v) is 33.5. The summed E-state index contributed by atoms with van der Waals surface area (Å²) in [4.78, 5) is 37.3. The number of allylic oxidation sites excluding steroid dienone is 1. The number of carbonyl (C=O) groups is 2. The molecule has 1 saturated heterocycles. The lowest BCUT2D eigenvalue weighted by atomic mass is 9.59. The van der Waals surface area contributed by atoms with E-state index in [4.69, 9.17) is 15.2 Å². The number of benzene rings is 3. The van der Waals surface area contributed by atoms with E-state index in [2.05, 4.69) is 9.97 Å². The number of amides is 1. The first-order chi connectivity index (χ1) is 29.7. The summed E-state index contributed by atoms with van der Waals surface area (Å²) in [5, 5.41) is 96.9. The first-order valence-corrected chi connectivity index (χ1v) is 20.5. The van der Waals surface area contributed by atoms with Crippen LogP contribution in [0.4, 0.5) is 5.69 Å². The number of aliphatic hydroxyl groups excluding tert-OH is 5. The Morgan fingerprint density at radius 1 is 1.02 bits per heavy atom. The molecule has 12 N–H and O–H groups in total. The number of aromatic hydroxyl groups is 2. The van der Waals surface area contributed by atoms with Gasteiger partial charge in [0.25, 0.3) is 5.91 Å². The highest BCUT2D eigenvalue weighted by Gasteiger charge is 2.69. The molecule has 10 atom stereocenters. The average Bonchev–Trinajstić information content (AvgIpc) is 4.05. The van der Waals surface area contributed by atoms with Crippen LogP contribution in [0.2, 0.25) is 0 Å². The van der Waals surface area contributed by atoms with E-state index in [0.717, 1.165) is 22.2 Å². The lowest BCUT2D eigenvalue weighted by Crippen LogP contribution is -2.67. The number of rotatable bonds is 13. The van der Waals surface area contributed by atoms with Crippen molar-refractivity contribution in [2.75, 3.05) is 18.1 Å². The van der Waals surface area contributed by atoms with Gasteiger partial charge >= 0.3 is 11.9 Å². The van der Waals surface area contributed by atoms with Crippen LogP contribution in [0, 0.1) is 5.92 Å². The Kier molecular flexibility index (Phi) is 11.5. The van der Waals surface area contributed by atoms with E-state index in [1.807, 2.05) is 30.3 Å². The predicted molar refractivity (Wildman–Crippen MR) is 221 cm³/mol. The second kappa shape index (κ2) is 16.6. The Balaban J connectivity index is 1.30. The molecule has 1 saturated carbocycles. The lowest BCUT2D eigenvalue weighted by Gasteiger charge is -2.45. The largest absolute Gasteiger partial charge is 0.508 e. The fourth-order valence-corrected chi connectivity index (χ4v) is 10.4. The Bertz CT molecular complexity index is 2370. The number of aromatic nitrogens is 2. The molecule has 0 spiro atoms. The summed E-state index contributed by atoms with van der Waals surface area (Å²) >= 11 is 0. The molecule has 0 unspecified atom stereocenters. The number of hydrogen-bond donors (Lipinski definition) is 11. The number of phenolic OH excluding ortho intramolecular Hbond substituents is 2. The number of anilines is 1. The first kappa shape index (κ1) is 43.0. The van der Waals surface area contributed by atoms with Crippen molar-refractivity contribution in [2.24, 2.45) is 11.7 Å². The normalized spacial score (nSPS) is 31.6. The van der Waals surface area contributed by atoms with Crippen LogP contribution in [-0.2, 0) is 26.2 Å². The summed E-state index contributed by atoms with van der Waals surface area (Å²) in [6.45, 7) is -1.11. The van der Waals surface area contributed by atoms with Gasteiger partial charge in [-0.2, -0.15) is 0 Å². The third-order valence-electron chi connectivity index (χ3n) is 13.1. The summed E-state index contributed by atoms with van der Waals surface area (Å²) in [5.41, 5.74) is 7.53. The fourth-order valence-electron chi connectivity index (χ4n) is 10.4. The molecule has 0 radical (unpaired) electrons. The molecule has 1 aromatic heterocycles. The number of carbonyl (C=O) groups excluding carboxylic acids is 1. The number of hydrogen-bond acceptors (Lipinski definition) is 14. The number of ether oxygens (including phenoxy) is 2. The van der Waals surface area contributed by atoms with E-state index < -0.39 is 89.2 Å². The molecule has 17 nitrogen and oxygen atoms in total. The molecule has 2 aliphatic carbocycles. The highest BCUT2D eigenvalue weighted by atomic mass is 16.8. The Morgan fingerprint density at radius 2 is 1.79 bits per heavy atom. The molecule has 8 rings (SSSR count). The molecular weight excluding hydrogens is 805 g/mol. The van der Waals surface area contributed by atoms with E-state index in [1.165, 1.54) is 30.6 Å². The molecule has 2 fully saturated rings. The fraction of sp³-hybridized carbons (Fsp3) is 0.400. The second-order valence-corrected chi connectivity index (χ2v) is 16.6. The minimum absolute atomic E-state index is 0.00706. The average molecular weight is 855 g/mol. The Hall–Kier alpha value is -5.63. The van der Waals surface area contributed by atoms with Crippen molar-refractivity contribution in [1.29, 1.82) is 0 Å². The van der Waals surface area contributed by atoms with Crippen molar-refractivity contribution < 1.29 is 65.0 Å². The van der Waals surface area contributed by atoms with Crippen molar-refractivity contribution >= 4 is 23.6 Å². The quantitative estimate of drug-likeness (QED) is 0.0518. The maximum atomic E-state index is 15.0. The third-order valence-corrected chi connectivity index (χ3v) is 13.1. The maximum absolute atomic E-state index is 15.0. The topological polar surface area (TPSA) is 293 Å². The minimum atomic E-state index is -3.16. The number of nitrogens with zero attached hydrogens (tertiary/aromatic N) is 2. The summed E-state index contributed by atoms with van der Waals surface area (Å²) in [6.07, 6.45) is 2.19. The maximum Gasteiger partial charge on any atom is 0.355 e.